The molecule has 2 aliphatic heterocycles. The van der Waals surface area contributed by atoms with Gasteiger partial charge in [0.05, 0.1) is 6.20 Å². The van der Waals surface area contributed by atoms with Crippen LogP contribution in [0.1, 0.15) is 55.4 Å². The van der Waals surface area contributed by atoms with Crippen LogP contribution < -0.4 is 5.32 Å². The third kappa shape index (κ3) is 4.31. The highest BCUT2D eigenvalue weighted by Crippen LogP contribution is 2.24. The summed E-state index contributed by atoms with van der Waals surface area (Å²) in [6, 6.07) is 0.369. The van der Waals surface area contributed by atoms with Crippen LogP contribution in [0.2, 0.25) is 0 Å². The van der Waals surface area contributed by atoms with E-state index in [2.05, 4.69) is 15.6 Å². The number of piperazine rings is 1. The Morgan fingerprint density at radius 2 is 2.00 bits per heavy atom. The van der Waals surface area contributed by atoms with Crippen LogP contribution in [0.4, 0.5) is 0 Å². The Hall–Kier alpha value is -1.96. The Balaban J connectivity index is 1.32. The number of amides is 2. The lowest BCUT2D eigenvalue weighted by molar-refractivity contribution is -0.138. The second-order valence-electron chi connectivity index (χ2n) is 8.14. The number of hydrogen-bond acceptors (Lipinski definition) is 5. The molecule has 0 aromatic carbocycles. The lowest BCUT2D eigenvalue weighted by atomic mass is 9.93. The van der Waals surface area contributed by atoms with Crippen molar-refractivity contribution in [3.8, 4) is 0 Å². The first-order valence-electron chi connectivity index (χ1n) is 10.4. The van der Waals surface area contributed by atoms with E-state index in [0.717, 1.165) is 32.5 Å². The molecule has 1 aromatic heterocycles. The maximum absolute atomic E-state index is 12.8. The summed E-state index contributed by atoms with van der Waals surface area (Å²) in [5, 5.41) is 11.6. The molecule has 3 aliphatic rings. The SMILES string of the molecule is O=C(c1cn(CC2CCCNC2)nn1)N1CCN(C2CCCCC2)C(=O)C1. The summed E-state index contributed by atoms with van der Waals surface area (Å²) in [6.45, 7) is 4.23. The van der Waals surface area contributed by atoms with Gasteiger partial charge in [-0.05, 0) is 44.7 Å². The van der Waals surface area contributed by atoms with Crippen LogP contribution in [-0.4, -0.2) is 75.4 Å². The normalized spacial score (nSPS) is 25.0. The average Bonchev–Trinajstić information content (AvgIpc) is 3.17. The zero-order valence-electron chi connectivity index (χ0n) is 16.0. The molecule has 3 fully saturated rings. The monoisotopic (exact) mass is 374 g/mol. The Morgan fingerprint density at radius 1 is 1.15 bits per heavy atom. The molecular formula is C19H30N6O2. The van der Waals surface area contributed by atoms with E-state index in [4.69, 9.17) is 0 Å². The molecule has 1 atom stereocenters. The maximum Gasteiger partial charge on any atom is 0.276 e. The lowest BCUT2D eigenvalue weighted by Gasteiger charge is -2.40. The standard InChI is InChI=1S/C19H30N6O2/c26-18-14-23(9-10-25(18)16-6-2-1-3-7-16)19(27)17-13-24(22-21-17)12-15-5-4-8-20-11-15/h13,15-16,20H,1-12,14H2. The molecule has 1 N–H and O–H groups in total. The zero-order valence-corrected chi connectivity index (χ0v) is 16.0. The quantitative estimate of drug-likeness (QED) is 0.846. The predicted molar refractivity (Wildman–Crippen MR) is 100 cm³/mol. The molecule has 1 aliphatic carbocycles. The van der Waals surface area contributed by atoms with Crippen molar-refractivity contribution < 1.29 is 9.59 Å². The summed E-state index contributed by atoms with van der Waals surface area (Å²) in [6.07, 6.45) is 9.97. The molecule has 1 saturated carbocycles. The van der Waals surface area contributed by atoms with Gasteiger partial charge in [-0.2, -0.15) is 0 Å². The summed E-state index contributed by atoms with van der Waals surface area (Å²) >= 11 is 0. The zero-order chi connectivity index (χ0) is 18.6. The van der Waals surface area contributed by atoms with E-state index < -0.39 is 0 Å². The minimum absolute atomic E-state index is 0.0715. The lowest BCUT2D eigenvalue weighted by Crippen LogP contribution is -2.55. The highest BCUT2D eigenvalue weighted by atomic mass is 16.2. The summed E-state index contributed by atoms with van der Waals surface area (Å²) in [5.74, 6) is 0.422. The summed E-state index contributed by atoms with van der Waals surface area (Å²) in [4.78, 5) is 29.0. The van der Waals surface area contributed by atoms with Gasteiger partial charge in [-0.3, -0.25) is 14.3 Å². The third-order valence-electron chi connectivity index (χ3n) is 6.16. The molecule has 0 radical (unpaired) electrons. The van der Waals surface area contributed by atoms with Crippen molar-refractivity contribution >= 4 is 11.8 Å². The molecule has 0 spiro atoms. The first-order chi connectivity index (χ1) is 13.2. The second-order valence-corrected chi connectivity index (χ2v) is 8.14. The fourth-order valence-corrected chi connectivity index (χ4v) is 4.63. The van der Waals surface area contributed by atoms with E-state index in [-0.39, 0.29) is 18.4 Å². The van der Waals surface area contributed by atoms with Crippen LogP contribution in [0.15, 0.2) is 6.20 Å². The van der Waals surface area contributed by atoms with Crippen molar-refractivity contribution in [2.24, 2.45) is 5.92 Å². The first-order valence-corrected chi connectivity index (χ1v) is 10.4. The number of nitrogens with zero attached hydrogens (tertiary/aromatic N) is 5. The molecule has 27 heavy (non-hydrogen) atoms. The van der Waals surface area contributed by atoms with E-state index in [9.17, 15) is 9.59 Å². The minimum Gasteiger partial charge on any atom is -0.336 e. The Kier molecular flexibility index (Phi) is 5.71. The predicted octanol–water partition coefficient (Wildman–Crippen LogP) is 0.895. The molecule has 3 heterocycles. The van der Waals surface area contributed by atoms with Gasteiger partial charge in [0.2, 0.25) is 5.91 Å². The van der Waals surface area contributed by atoms with Crippen molar-refractivity contribution in [3.63, 3.8) is 0 Å². The number of hydrogen-bond donors (Lipinski definition) is 1. The summed E-state index contributed by atoms with van der Waals surface area (Å²) < 4.78 is 1.77. The molecule has 1 unspecified atom stereocenters. The van der Waals surface area contributed by atoms with E-state index in [1.165, 1.54) is 32.1 Å². The van der Waals surface area contributed by atoms with Gasteiger partial charge in [0.1, 0.15) is 6.54 Å². The van der Waals surface area contributed by atoms with Gasteiger partial charge in [-0.1, -0.05) is 24.5 Å². The smallest absolute Gasteiger partial charge is 0.276 e. The van der Waals surface area contributed by atoms with Gasteiger partial charge in [0.25, 0.3) is 5.91 Å². The van der Waals surface area contributed by atoms with E-state index in [1.54, 1.807) is 15.8 Å². The number of piperidine rings is 1. The molecule has 2 saturated heterocycles. The maximum atomic E-state index is 12.8. The number of nitrogens with one attached hydrogen (secondary N) is 1. The van der Waals surface area contributed by atoms with Gasteiger partial charge in [0.15, 0.2) is 5.69 Å². The average molecular weight is 374 g/mol. The largest absolute Gasteiger partial charge is 0.336 e. The Labute approximate surface area is 160 Å². The molecule has 4 rings (SSSR count). The van der Waals surface area contributed by atoms with Crippen molar-refractivity contribution in [1.82, 2.24) is 30.1 Å². The van der Waals surface area contributed by atoms with Gasteiger partial charge in [0, 0.05) is 25.7 Å². The van der Waals surface area contributed by atoms with E-state index >= 15 is 0 Å². The van der Waals surface area contributed by atoms with Crippen LogP contribution >= 0.6 is 0 Å². The highest BCUT2D eigenvalue weighted by Gasteiger charge is 2.33. The molecule has 148 valence electrons. The highest BCUT2D eigenvalue weighted by molar-refractivity contribution is 5.95. The number of carbonyl (C=O) groups is 2. The number of rotatable bonds is 4. The number of carbonyl (C=O) groups excluding carboxylic acids is 2. The third-order valence-corrected chi connectivity index (χ3v) is 6.16. The topological polar surface area (TPSA) is 83.4 Å². The molecule has 0 bridgehead atoms. The fourth-order valence-electron chi connectivity index (χ4n) is 4.63. The summed E-state index contributed by atoms with van der Waals surface area (Å²) in [5.41, 5.74) is 0.345. The summed E-state index contributed by atoms with van der Waals surface area (Å²) in [7, 11) is 0. The van der Waals surface area contributed by atoms with Crippen molar-refractivity contribution in [2.45, 2.75) is 57.5 Å². The second kappa shape index (κ2) is 8.37. The van der Waals surface area contributed by atoms with E-state index in [0.29, 0.717) is 30.7 Å². The van der Waals surface area contributed by atoms with Crippen molar-refractivity contribution in [3.05, 3.63) is 11.9 Å². The molecule has 8 nitrogen and oxygen atoms in total. The van der Waals surface area contributed by atoms with Gasteiger partial charge in [-0.15, -0.1) is 5.10 Å². The van der Waals surface area contributed by atoms with Crippen molar-refractivity contribution in [1.29, 1.82) is 0 Å². The first kappa shape index (κ1) is 18.4. The van der Waals surface area contributed by atoms with Crippen LogP contribution in [0.5, 0.6) is 0 Å². The van der Waals surface area contributed by atoms with Gasteiger partial charge in [-0.25, -0.2) is 0 Å². The Morgan fingerprint density at radius 3 is 2.74 bits per heavy atom. The molecule has 2 amide bonds. The Bertz CT molecular complexity index is 663. The van der Waals surface area contributed by atoms with Gasteiger partial charge >= 0.3 is 0 Å². The number of aromatic nitrogens is 3. The van der Waals surface area contributed by atoms with Crippen LogP contribution in [0.3, 0.4) is 0 Å². The van der Waals surface area contributed by atoms with Crippen LogP contribution in [0.25, 0.3) is 0 Å². The van der Waals surface area contributed by atoms with Crippen LogP contribution in [0, 0.1) is 5.92 Å². The fraction of sp³-hybridized carbons (Fsp3) is 0.789. The van der Waals surface area contributed by atoms with E-state index in [1.807, 2.05) is 4.90 Å². The molecular weight excluding hydrogens is 344 g/mol. The molecule has 1 aromatic rings. The minimum atomic E-state index is -0.181. The molecule has 8 heteroatoms. The van der Waals surface area contributed by atoms with Gasteiger partial charge < -0.3 is 15.1 Å². The van der Waals surface area contributed by atoms with Crippen molar-refractivity contribution in [2.75, 3.05) is 32.7 Å². The van der Waals surface area contributed by atoms with Crippen LogP contribution in [-0.2, 0) is 11.3 Å².